The fourth-order valence-corrected chi connectivity index (χ4v) is 4.45. The first-order chi connectivity index (χ1) is 15.3. The van der Waals surface area contributed by atoms with Crippen LogP contribution in [0.3, 0.4) is 0 Å². The number of rotatable bonds is 6. The molecule has 1 aliphatic heterocycles. The van der Waals surface area contributed by atoms with Crippen molar-refractivity contribution in [1.29, 1.82) is 0 Å². The average Bonchev–Trinajstić information content (AvgIpc) is 3.03. The molecule has 2 aromatic carbocycles. The van der Waals surface area contributed by atoms with Crippen molar-refractivity contribution in [2.75, 3.05) is 10.2 Å². The van der Waals surface area contributed by atoms with Crippen molar-refractivity contribution >= 4 is 61.5 Å². The molecular formula is C20H16N2O9S2. The first kappa shape index (κ1) is 24.0. The maximum Gasteiger partial charge on any atom is 0.295 e. The van der Waals surface area contributed by atoms with Gasteiger partial charge in [-0.15, -0.1) is 0 Å². The van der Waals surface area contributed by atoms with E-state index in [2.05, 4.69) is 5.32 Å². The van der Waals surface area contributed by atoms with Gasteiger partial charge in [0.1, 0.15) is 9.79 Å². The molecule has 3 N–H and O–H groups in total. The largest absolute Gasteiger partial charge is 0.326 e. The molecular weight excluding hydrogens is 476 g/mol. The van der Waals surface area contributed by atoms with Gasteiger partial charge in [-0.3, -0.25) is 23.5 Å². The summed E-state index contributed by atoms with van der Waals surface area (Å²) in [7, 11) is -9.54. The molecule has 3 rings (SSSR count). The highest BCUT2D eigenvalue weighted by Gasteiger charge is 2.27. The van der Waals surface area contributed by atoms with Gasteiger partial charge in [0.2, 0.25) is 5.91 Å². The number of amides is 3. The van der Waals surface area contributed by atoms with Crippen molar-refractivity contribution < 1.29 is 40.3 Å². The van der Waals surface area contributed by atoms with Crippen molar-refractivity contribution in [2.45, 2.75) is 16.7 Å². The summed E-state index contributed by atoms with van der Waals surface area (Å²) in [5.74, 6) is -1.86. The number of benzene rings is 2. The van der Waals surface area contributed by atoms with Gasteiger partial charge in [0.05, 0.1) is 5.69 Å². The number of imide groups is 1. The van der Waals surface area contributed by atoms with Crippen LogP contribution < -0.4 is 10.2 Å². The van der Waals surface area contributed by atoms with Crippen LogP contribution in [-0.2, 0) is 34.6 Å². The topological polar surface area (TPSA) is 175 Å². The minimum atomic E-state index is -4.82. The molecule has 33 heavy (non-hydrogen) atoms. The summed E-state index contributed by atoms with van der Waals surface area (Å²) in [5, 5.41) is 2.37. The Morgan fingerprint density at radius 1 is 0.848 bits per heavy atom. The number of carbonyl (C=O) groups excluding carboxylic acids is 3. The Labute approximate surface area is 188 Å². The lowest BCUT2D eigenvalue weighted by Crippen LogP contribution is -2.29. The summed E-state index contributed by atoms with van der Waals surface area (Å²) < 4.78 is 66.5. The van der Waals surface area contributed by atoms with Crippen LogP contribution in [0.2, 0.25) is 0 Å². The highest BCUT2D eigenvalue weighted by molar-refractivity contribution is 7.86. The van der Waals surface area contributed by atoms with Crippen LogP contribution >= 0.6 is 0 Å². The third-order valence-corrected chi connectivity index (χ3v) is 6.22. The zero-order valence-electron chi connectivity index (χ0n) is 16.8. The van der Waals surface area contributed by atoms with Crippen LogP contribution in [-0.4, -0.2) is 43.7 Å². The molecule has 0 radical (unpaired) electrons. The quantitative estimate of drug-likeness (QED) is 0.308. The second-order valence-electron chi connectivity index (χ2n) is 6.78. The van der Waals surface area contributed by atoms with Gasteiger partial charge in [-0.1, -0.05) is 24.3 Å². The summed E-state index contributed by atoms with van der Waals surface area (Å²) in [5.41, 5.74) is -0.145. The summed E-state index contributed by atoms with van der Waals surface area (Å²) in [6.45, 7) is 1.21. The molecule has 0 atom stereocenters. The molecule has 0 aromatic heterocycles. The van der Waals surface area contributed by atoms with Crippen LogP contribution in [0, 0.1) is 0 Å². The molecule has 11 nitrogen and oxygen atoms in total. The monoisotopic (exact) mass is 492 g/mol. The van der Waals surface area contributed by atoms with E-state index in [9.17, 15) is 40.3 Å². The third kappa shape index (κ3) is 5.40. The molecule has 0 fully saturated rings. The number of anilines is 2. The summed E-state index contributed by atoms with van der Waals surface area (Å²) in [4.78, 5) is 34.4. The molecule has 0 saturated carbocycles. The number of carbonyl (C=O) groups is 3. The third-order valence-electron chi connectivity index (χ3n) is 4.40. The fraction of sp³-hybridized carbons (Fsp3) is 0.0500. The van der Waals surface area contributed by atoms with E-state index in [1.165, 1.54) is 31.2 Å². The van der Waals surface area contributed by atoms with Gasteiger partial charge < -0.3 is 5.32 Å². The molecule has 0 unspecified atom stereocenters. The molecule has 0 aliphatic carbocycles. The minimum absolute atomic E-state index is 0.0499. The smallest absolute Gasteiger partial charge is 0.295 e. The first-order valence-corrected chi connectivity index (χ1v) is 11.9. The van der Waals surface area contributed by atoms with Crippen molar-refractivity contribution in [3.63, 3.8) is 0 Å². The lowest BCUT2D eigenvalue weighted by Gasteiger charge is -2.15. The first-order valence-electron chi connectivity index (χ1n) is 9.02. The van der Waals surface area contributed by atoms with E-state index in [0.29, 0.717) is 4.90 Å². The molecule has 0 bridgehead atoms. The second kappa shape index (κ2) is 8.71. The lowest BCUT2D eigenvalue weighted by molar-refractivity contribution is -0.120. The van der Waals surface area contributed by atoms with Gasteiger partial charge >= 0.3 is 0 Å². The highest BCUT2D eigenvalue weighted by Crippen LogP contribution is 2.28. The van der Waals surface area contributed by atoms with Crippen LogP contribution in [0.25, 0.3) is 12.2 Å². The molecule has 1 heterocycles. The lowest BCUT2D eigenvalue weighted by atomic mass is 10.1. The Hall–Kier alpha value is -3.65. The second-order valence-corrected chi connectivity index (χ2v) is 9.56. The molecule has 1 aliphatic rings. The maximum absolute atomic E-state index is 11.9. The van der Waals surface area contributed by atoms with Crippen molar-refractivity contribution in [1.82, 2.24) is 0 Å². The number of hydrogen-bond donors (Lipinski definition) is 3. The van der Waals surface area contributed by atoms with Crippen LogP contribution in [0.1, 0.15) is 18.1 Å². The molecule has 172 valence electrons. The van der Waals surface area contributed by atoms with E-state index in [4.69, 9.17) is 0 Å². The highest BCUT2D eigenvalue weighted by atomic mass is 32.2. The van der Waals surface area contributed by atoms with Crippen LogP contribution in [0.5, 0.6) is 0 Å². The average molecular weight is 492 g/mol. The van der Waals surface area contributed by atoms with Crippen molar-refractivity contribution in [2.24, 2.45) is 0 Å². The standard InChI is InChI=1S/C20H16N2O9S2/c1-12(23)21-15-6-4-13(17(10-15)32(26,27)28)2-3-14-5-7-16(11-18(14)33(29,30)31)22-19(24)8-9-20(22)25/h2-11H,1H3,(H,21,23)(H,26,27,28)(H,29,30,31). The van der Waals surface area contributed by atoms with Gasteiger partial charge in [-0.2, -0.15) is 16.8 Å². The number of nitrogens with one attached hydrogen (secondary N) is 1. The molecule has 13 heteroatoms. The van der Waals surface area contributed by atoms with Gasteiger partial charge in [0.25, 0.3) is 32.1 Å². The summed E-state index contributed by atoms with van der Waals surface area (Å²) in [6.07, 6.45) is 4.33. The van der Waals surface area contributed by atoms with E-state index >= 15 is 0 Å². The van der Waals surface area contributed by atoms with E-state index in [1.807, 2.05) is 0 Å². The molecule has 0 saturated heterocycles. The Morgan fingerprint density at radius 3 is 1.82 bits per heavy atom. The Balaban J connectivity index is 2.08. The normalized spacial score (nSPS) is 14.3. The van der Waals surface area contributed by atoms with Crippen LogP contribution in [0.15, 0.2) is 58.3 Å². The van der Waals surface area contributed by atoms with Crippen molar-refractivity contribution in [3.05, 3.63) is 59.7 Å². The van der Waals surface area contributed by atoms with Gasteiger partial charge in [0.15, 0.2) is 0 Å². The minimum Gasteiger partial charge on any atom is -0.326 e. The van der Waals surface area contributed by atoms with E-state index in [-0.39, 0.29) is 22.5 Å². The van der Waals surface area contributed by atoms with Gasteiger partial charge in [-0.05, 0) is 35.4 Å². The zero-order valence-corrected chi connectivity index (χ0v) is 18.4. The Kier molecular flexibility index (Phi) is 6.33. The number of nitrogens with zero attached hydrogens (tertiary/aromatic N) is 1. The molecule has 2 aromatic rings. The number of hydrogen-bond acceptors (Lipinski definition) is 7. The van der Waals surface area contributed by atoms with E-state index in [1.54, 1.807) is 0 Å². The van der Waals surface area contributed by atoms with Gasteiger partial charge in [-0.25, -0.2) is 4.90 Å². The molecule has 3 amide bonds. The maximum atomic E-state index is 11.9. The SMILES string of the molecule is CC(=O)Nc1ccc(C=Cc2ccc(N3C(=O)C=CC3=O)cc2S(=O)(=O)O)c(S(=O)(=O)O)c1. The Bertz CT molecular complexity index is 1440. The van der Waals surface area contributed by atoms with Gasteiger partial charge in [0, 0.05) is 24.8 Å². The predicted octanol–water partition coefficient (Wildman–Crippen LogP) is 1.74. The Morgan fingerprint density at radius 2 is 1.33 bits per heavy atom. The molecule has 0 spiro atoms. The fourth-order valence-electron chi connectivity index (χ4n) is 3.03. The van der Waals surface area contributed by atoms with Crippen molar-refractivity contribution in [3.8, 4) is 0 Å². The zero-order chi connectivity index (χ0) is 24.6. The van der Waals surface area contributed by atoms with E-state index < -0.39 is 47.7 Å². The predicted molar refractivity (Wildman–Crippen MR) is 117 cm³/mol. The summed E-state index contributed by atoms with van der Waals surface area (Å²) >= 11 is 0. The van der Waals surface area contributed by atoms with Crippen LogP contribution in [0.4, 0.5) is 11.4 Å². The van der Waals surface area contributed by atoms with E-state index in [0.717, 1.165) is 36.4 Å². The summed E-state index contributed by atoms with van der Waals surface area (Å²) in [6, 6.07) is 7.02.